The first-order valence-electron chi connectivity index (χ1n) is 12.8. The summed E-state index contributed by atoms with van der Waals surface area (Å²) in [7, 11) is 0. The van der Waals surface area contributed by atoms with Gasteiger partial charge in [-0.1, -0.05) is 36.4 Å². The summed E-state index contributed by atoms with van der Waals surface area (Å²) in [5.41, 5.74) is 7.90. The van der Waals surface area contributed by atoms with Crippen molar-refractivity contribution in [1.29, 1.82) is 0 Å². The van der Waals surface area contributed by atoms with Crippen molar-refractivity contribution >= 4 is 22.8 Å². The van der Waals surface area contributed by atoms with Gasteiger partial charge in [0.1, 0.15) is 29.8 Å². The fourth-order valence-corrected chi connectivity index (χ4v) is 4.78. The lowest BCUT2D eigenvalue weighted by molar-refractivity contribution is 0.200. The Hall–Kier alpha value is -4.57. The first kappa shape index (κ1) is 24.7. The smallest absolute Gasteiger partial charge is 0.228 e. The quantitative estimate of drug-likeness (QED) is 0.333. The van der Waals surface area contributed by atoms with E-state index in [1.54, 1.807) is 30.3 Å². The van der Waals surface area contributed by atoms with Gasteiger partial charge in [-0.15, -0.1) is 5.10 Å². The van der Waals surface area contributed by atoms with Crippen molar-refractivity contribution in [2.24, 2.45) is 0 Å². The molecule has 3 heterocycles. The van der Waals surface area contributed by atoms with Gasteiger partial charge < -0.3 is 15.4 Å². The van der Waals surface area contributed by atoms with Gasteiger partial charge in [0.2, 0.25) is 5.95 Å². The largest absolute Gasteiger partial charge is 0.492 e. The number of nitrogen functional groups attached to an aromatic ring is 1. The molecule has 0 saturated carbocycles. The van der Waals surface area contributed by atoms with Crippen molar-refractivity contribution in [3.8, 4) is 22.7 Å². The number of benzene rings is 3. The van der Waals surface area contributed by atoms with Gasteiger partial charge in [0.25, 0.3) is 0 Å². The number of para-hydroxylation sites is 1. The minimum atomic E-state index is -0.426. The molecule has 198 valence electrons. The van der Waals surface area contributed by atoms with Gasteiger partial charge in [0.05, 0.1) is 16.8 Å². The fourth-order valence-electron chi connectivity index (χ4n) is 4.78. The van der Waals surface area contributed by atoms with Crippen LogP contribution in [0.2, 0.25) is 0 Å². The number of hydrogen-bond donors (Lipinski definition) is 1. The number of nitrogens with zero attached hydrogens (tertiary/aromatic N) is 6. The molecule has 8 nitrogen and oxygen atoms in total. The lowest BCUT2D eigenvalue weighted by atomic mass is 10.1. The van der Waals surface area contributed by atoms with Crippen LogP contribution in [-0.2, 0) is 0 Å². The minimum absolute atomic E-state index is 0.212. The molecule has 1 fully saturated rings. The molecule has 2 N–H and O–H groups in total. The molecule has 0 radical (unpaired) electrons. The number of aromatic nitrogens is 4. The van der Waals surface area contributed by atoms with Gasteiger partial charge in [0.15, 0.2) is 5.65 Å². The molecule has 1 aliphatic rings. The van der Waals surface area contributed by atoms with Crippen LogP contribution < -0.4 is 15.4 Å². The van der Waals surface area contributed by atoms with E-state index in [1.165, 1.54) is 22.9 Å². The molecule has 0 unspecified atom stereocenters. The molecule has 1 aliphatic heterocycles. The topological polar surface area (TPSA) is 85.3 Å². The molecule has 0 atom stereocenters. The summed E-state index contributed by atoms with van der Waals surface area (Å²) in [4.78, 5) is 13.9. The third kappa shape index (κ3) is 5.10. The van der Waals surface area contributed by atoms with Crippen molar-refractivity contribution in [2.45, 2.75) is 0 Å². The Bertz CT molecular complexity index is 1600. The zero-order chi connectivity index (χ0) is 26.8. The summed E-state index contributed by atoms with van der Waals surface area (Å²) < 4.78 is 36.2. The molecule has 1 saturated heterocycles. The summed E-state index contributed by atoms with van der Waals surface area (Å²) >= 11 is 0. The van der Waals surface area contributed by atoms with Gasteiger partial charge in [-0.25, -0.2) is 18.4 Å². The maximum atomic E-state index is 15.0. The molecule has 5 aromatic rings. The molecule has 2 aromatic heterocycles. The molecule has 10 heteroatoms. The van der Waals surface area contributed by atoms with Crippen LogP contribution in [0.25, 0.3) is 28.0 Å². The highest BCUT2D eigenvalue weighted by atomic mass is 19.1. The second kappa shape index (κ2) is 10.7. The van der Waals surface area contributed by atoms with Crippen LogP contribution in [0.3, 0.4) is 0 Å². The highest BCUT2D eigenvalue weighted by molar-refractivity contribution is 5.99. The second-order valence-corrected chi connectivity index (χ2v) is 9.32. The van der Waals surface area contributed by atoms with Gasteiger partial charge in [-0.2, -0.15) is 4.98 Å². The molecular formula is C29H27F2N7O. The molecule has 39 heavy (non-hydrogen) atoms. The van der Waals surface area contributed by atoms with E-state index < -0.39 is 11.6 Å². The maximum absolute atomic E-state index is 15.0. The van der Waals surface area contributed by atoms with Crippen LogP contribution in [0.1, 0.15) is 0 Å². The number of rotatable bonds is 7. The Kier molecular flexibility index (Phi) is 6.76. The molecule has 0 bridgehead atoms. The predicted molar refractivity (Wildman–Crippen MR) is 147 cm³/mol. The van der Waals surface area contributed by atoms with Gasteiger partial charge in [-0.05, 0) is 42.5 Å². The zero-order valence-electron chi connectivity index (χ0n) is 21.2. The summed E-state index contributed by atoms with van der Waals surface area (Å²) in [6, 6.07) is 22.1. The monoisotopic (exact) mass is 527 g/mol. The minimum Gasteiger partial charge on any atom is -0.492 e. The van der Waals surface area contributed by atoms with Crippen LogP contribution in [0.5, 0.6) is 5.75 Å². The third-order valence-electron chi connectivity index (χ3n) is 6.81. The van der Waals surface area contributed by atoms with Crippen LogP contribution in [0.4, 0.5) is 20.5 Å². The third-order valence-corrected chi connectivity index (χ3v) is 6.81. The van der Waals surface area contributed by atoms with E-state index in [9.17, 15) is 8.78 Å². The SMILES string of the molecule is Nc1c2c(-c3ccccc3F)nc(N3CCN(CCOc4ccccc4)CC3)nc2nn1-c1cccc(F)c1. The van der Waals surface area contributed by atoms with Gasteiger partial charge >= 0.3 is 0 Å². The average molecular weight is 528 g/mol. The first-order valence-corrected chi connectivity index (χ1v) is 12.8. The molecule has 6 rings (SSSR count). The highest BCUT2D eigenvalue weighted by Crippen LogP contribution is 2.34. The summed E-state index contributed by atoms with van der Waals surface area (Å²) in [5, 5.41) is 5.00. The van der Waals surface area contributed by atoms with Gasteiger partial charge in [-0.3, -0.25) is 4.90 Å². The van der Waals surface area contributed by atoms with Crippen LogP contribution in [0, 0.1) is 11.6 Å². The summed E-state index contributed by atoms with van der Waals surface area (Å²) in [5.74, 6) is 0.674. The van der Waals surface area contributed by atoms with E-state index in [1.807, 2.05) is 30.3 Å². The number of ether oxygens (including phenoxy) is 1. The predicted octanol–water partition coefficient (Wildman–Crippen LogP) is 4.54. The Morgan fingerprint density at radius 3 is 2.38 bits per heavy atom. The van der Waals surface area contributed by atoms with Crippen LogP contribution in [-0.4, -0.2) is 64.0 Å². The van der Waals surface area contributed by atoms with Crippen molar-refractivity contribution in [3.63, 3.8) is 0 Å². The van der Waals surface area contributed by atoms with Crippen molar-refractivity contribution < 1.29 is 13.5 Å². The Morgan fingerprint density at radius 1 is 0.846 bits per heavy atom. The number of piperazine rings is 1. The van der Waals surface area contributed by atoms with E-state index in [4.69, 9.17) is 20.4 Å². The zero-order valence-corrected chi connectivity index (χ0v) is 21.2. The number of halogens is 2. The van der Waals surface area contributed by atoms with Crippen molar-refractivity contribution in [2.75, 3.05) is 50.0 Å². The van der Waals surface area contributed by atoms with Crippen molar-refractivity contribution in [3.05, 3.63) is 90.5 Å². The number of anilines is 2. The molecular weight excluding hydrogens is 500 g/mol. The Balaban J connectivity index is 1.28. The second-order valence-electron chi connectivity index (χ2n) is 9.32. The highest BCUT2D eigenvalue weighted by Gasteiger charge is 2.25. The molecule has 0 amide bonds. The van der Waals surface area contributed by atoms with E-state index in [0.717, 1.165) is 25.4 Å². The number of hydrogen-bond acceptors (Lipinski definition) is 7. The van der Waals surface area contributed by atoms with E-state index in [0.29, 0.717) is 53.6 Å². The normalized spacial score (nSPS) is 14.2. The standard InChI is InChI=1S/C29H27F2N7O/c30-20-7-6-8-21(19-20)38-27(32)25-26(23-11-4-5-12-24(23)31)33-29(34-28(25)35-38)37-15-13-36(14-16-37)17-18-39-22-9-2-1-3-10-22/h1-12,19H,13-18,32H2. The molecule has 0 aliphatic carbocycles. The van der Waals surface area contributed by atoms with E-state index in [-0.39, 0.29) is 5.82 Å². The maximum Gasteiger partial charge on any atom is 0.228 e. The number of fused-ring (bicyclic) bond motifs is 1. The lowest BCUT2D eigenvalue weighted by Gasteiger charge is -2.34. The van der Waals surface area contributed by atoms with Crippen LogP contribution >= 0.6 is 0 Å². The van der Waals surface area contributed by atoms with Crippen LogP contribution in [0.15, 0.2) is 78.9 Å². The molecule has 0 spiro atoms. The van der Waals surface area contributed by atoms with Crippen molar-refractivity contribution in [1.82, 2.24) is 24.6 Å². The average Bonchev–Trinajstić information content (AvgIpc) is 3.30. The Labute approximate surface area is 224 Å². The lowest BCUT2D eigenvalue weighted by Crippen LogP contribution is -2.48. The summed E-state index contributed by atoms with van der Waals surface area (Å²) in [6.45, 7) is 4.38. The fraction of sp³-hybridized carbons (Fsp3) is 0.207. The van der Waals surface area contributed by atoms with E-state index in [2.05, 4.69) is 14.9 Å². The Morgan fingerprint density at radius 2 is 1.62 bits per heavy atom. The number of nitrogens with two attached hydrogens (primary N) is 1. The molecule has 3 aromatic carbocycles. The van der Waals surface area contributed by atoms with E-state index >= 15 is 0 Å². The van der Waals surface area contributed by atoms with Gasteiger partial charge in [0, 0.05) is 38.3 Å². The summed E-state index contributed by atoms with van der Waals surface area (Å²) in [6.07, 6.45) is 0. The first-order chi connectivity index (χ1) is 19.1.